The Morgan fingerprint density at radius 1 is 1.07 bits per heavy atom. The quantitative estimate of drug-likeness (QED) is 0.682. The van der Waals surface area contributed by atoms with Crippen molar-refractivity contribution in [1.82, 2.24) is 14.5 Å². The number of ether oxygens (including phenoxy) is 1. The Hall–Kier alpha value is -3.35. The normalized spacial score (nSPS) is 14.3. The molecule has 150 valence electrons. The average molecular weight is 392 g/mol. The lowest BCUT2D eigenvalue weighted by Crippen LogP contribution is -2.50. The van der Waals surface area contributed by atoms with Gasteiger partial charge in [0.1, 0.15) is 5.75 Å². The molecule has 1 aromatic heterocycles. The van der Waals surface area contributed by atoms with Crippen LogP contribution in [0.5, 0.6) is 5.75 Å². The van der Waals surface area contributed by atoms with E-state index in [1.807, 2.05) is 53.1 Å². The lowest BCUT2D eigenvalue weighted by Gasteiger charge is -2.35. The van der Waals surface area contributed by atoms with Gasteiger partial charge in [-0.25, -0.2) is 4.98 Å². The van der Waals surface area contributed by atoms with E-state index in [4.69, 9.17) is 4.74 Å². The third-order valence-electron chi connectivity index (χ3n) is 5.33. The number of nitrogens with zero attached hydrogens (tertiary/aromatic N) is 4. The number of para-hydroxylation sites is 2. The zero-order chi connectivity index (χ0) is 20.4. The van der Waals surface area contributed by atoms with Crippen molar-refractivity contribution >= 4 is 22.8 Å². The second-order valence-electron chi connectivity index (χ2n) is 6.98. The van der Waals surface area contributed by atoms with Gasteiger partial charge in [-0.3, -0.25) is 9.59 Å². The molecular weight excluding hydrogens is 368 g/mol. The van der Waals surface area contributed by atoms with Crippen LogP contribution in [0.15, 0.2) is 53.3 Å². The zero-order valence-electron chi connectivity index (χ0n) is 16.7. The first-order chi connectivity index (χ1) is 14.1. The van der Waals surface area contributed by atoms with E-state index in [0.29, 0.717) is 49.9 Å². The Bertz CT molecular complexity index is 1100. The second kappa shape index (κ2) is 7.95. The number of carbonyl (C=O) groups is 1. The van der Waals surface area contributed by atoms with Crippen molar-refractivity contribution in [2.45, 2.75) is 13.5 Å². The van der Waals surface area contributed by atoms with Crippen LogP contribution in [0.4, 0.5) is 5.82 Å². The highest BCUT2D eigenvalue weighted by molar-refractivity contribution is 5.94. The largest absolute Gasteiger partial charge is 0.497 e. The number of methoxy groups -OCH3 is 1. The minimum atomic E-state index is -0.0845. The maximum absolute atomic E-state index is 13.0. The van der Waals surface area contributed by atoms with E-state index >= 15 is 0 Å². The molecule has 0 unspecified atom stereocenters. The maximum Gasteiger partial charge on any atom is 0.293 e. The molecule has 0 N–H and O–H groups in total. The molecule has 1 amide bonds. The smallest absolute Gasteiger partial charge is 0.293 e. The summed E-state index contributed by atoms with van der Waals surface area (Å²) in [7, 11) is 1.59. The summed E-state index contributed by atoms with van der Waals surface area (Å²) < 4.78 is 6.97. The van der Waals surface area contributed by atoms with Crippen molar-refractivity contribution in [3.05, 3.63) is 64.4 Å². The monoisotopic (exact) mass is 392 g/mol. The standard InChI is InChI=1S/C22H24N4O3/c1-3-26-19-10-5-4-9-18(19)23-20(22(26)28)24-11-13-25(14-12-24)21(27)16-7-6-8-17(15-16)29-2/h4-10,15H,3,11-14H2,1-2H3. The zero-order valence-corrected chi connectivity index (χ0v) is 16.7. The first-order valence-corrected chi connectivity index (χ1v) is 9.80. The highest BCUT2D eigenvalue weighted by Gasteiger charge is 2.25. The highest BCUT2D eigenvalue weighted by atomic mass is 16.5. The lowest BCUT2D eigenvalue weighted by molar-refractivity contribution is 0.0746. The molecule has 7 nitrogen and oxygen atoms in total. The summed E-state index contributed by atoms with van der Waals surface area (Å²) >= 11 is 0. The summed E-state index contributed by atoms with van der Waals surface area (Å²) in [5.41, 5.74) is 2.17. The molecule has 0 saturated carbocycles. The van der Waals surface area contributed by atoms with Crippen LogP contribution in [0.2, 0.25) is 0 Å². The lowest BCUT2D eigenvalue weighted by atomic mass is 10.1. The average Bonchev–Trinajstić information content (AvgIpc) is 2.78. The molecule has 1 fully saturated rings. The molecule has 0 aliphatic carbocycles. The first kappa shape index (κ1) is 19.0. The van der Waals surface area contributed by atoms with Gasteiger partial charge in [0.05, 0.1) is 18.1 Å². The summed E-state index contributed by atoms with van der Waals surface area (Å²) in [6.45, 7) is 4.76. The molecule has 1 aliphatic heterocycles. The van der Waals surface area contributed by atoms with Crippen LogP contribution in [0.25, 0.3) is 11.0 Å². The fraction of sp³-hybridized carbons (Fsp3) is 0.318. The number of fused-ring (bicyclic) bond motifs is 1. The molecule has 3 aromatic rings. The van der Waals surface area contributed by atoms with Gasteiger partial charge in [0.2, 0.25) is 0 Å². The van der Waals surface area contributed by atoms with E-state index in [2.05, 4.69) is 4.98 Å². The Morgan fingerprint density at radius 2 is 1.83 bits per heavy atom. The number of hydrogen-bond acceptors (Lipinski definition) is 5. The van der Waals surface area contributed by atoms with Crippen molar-refractivity contribution < 1.29 is 9.53 Å². The van der Waals surface area contributed by atoms with Crippen LogP contribution in [0.3, 0.4) is 0 Å². The van der Waals surface area contributed by atoms with Crippen LogP contribution < -0.4 is 15.2 Å². The first-order valence-electron chi connectivity index (χ1n) is 9.80. The number of amides is 1. The summed E-state index contributed by atoms with van der Waals surface area (Å²) in [5, 5.41) is 0. The third kappa shape index (κ3) is 3.55. The molecule has 0 radical (unpaired) electrons. The van der Waals surface area contributed by atoms with E-state index in [-0.39, 0.29) is 11.5 Å². The number of aromatic nitrogens is 2. The predicted molar refractivity (Wildman–Crippen MR) is 113 cm³/mol. The number of benzene rings is 2. The summed E-state index contributed by atoms with van der Waals surface area (Å²) in [6, 6.07) is 14.9. The molecule has 0 bridgehead atoms. The fourth-order valence-corrected chi connectivity index (χ4v) is 3.76. The SMILES string of the molecule is CCn1c(=O)c(N2CCN(C(=O)c3cccc(OC)c3)CC2)nc2ccccc21. The summed E-state index contributed by atoms with van der Waals surface area (Å²) in [4.78, 5) is 34.2. The fourth-order valence-electron chi connectivity index (χ4n) is 3.76. The van der Waals surface area contributed by atoms with Gasteiger partial charge in [-0.05, 0) is 37.3 Å². The number of rotatable bonds is 4. The molecule has 0 spiro atoms. The number of hydrogen-bond donors (Lipinski definition) is 0. The van der Waals surface area contributed by atoms with Crippen LogP contribution in [0.1, 0.15) is 17.3 Å². The third-order valence-corrected chi connectivity index (χ3v) is 5.33. The van der Waals surface area contributed by atoms with E-state index < -0.39 is 0 Å². The van der Waals surface area contributed by atoms with E-state index in [1.165, 1.54) is 0 Å². The van der Waals surface area contributed by atoms with Gasteiger partial charge in [-0.2, -0.15) is 0 Å². The van der Waals surface area contributed by atoms with Crippen LogP contribution in [-0.2, 0) is 6.54 Å². The Balaban J connectivity index is 1.55. The van der Waals surface area contributed by atoms with Gasteiger partial charge in [0, 0.05) is 38.3 Å². The van der Waals surface area contributed by atoms with Crippen LogP contribution in [-0.4, -0.2) is 53.6 Å². The van der Waals surface area contributed by atoms with E-state index in [1.54, 1.807) is 23.8 Å². The van der Waals surface area contributed by atoms with Gasteiger partial charge in [0.15, 0.2) is 5.82 Å². The molecule has 4 rings (SSSR count). The van der Waals surface area contributed by atoms with E-state index in [0.717, 1.165) is 11.0 Å². The van der Waals surface area contributed by atoms with Crippen molar-refractivity contribution in [3.63, 3.8) is 0 Å². The van der Waals surface area contributed by atoms with Crippen molar-refractivity contribution in [1.29, 1.82) is 0 Å². The van der Waals surface area contributed by atoms with Crippen molar-refractivity contribution in [3.8, 4) is 5.75 Å². The van der Waals surface area contributed by atoms with Gasteiger partial charge in [0.25, 0.3) is 11.5 Å². The van der Waals surface area contributed by atoms with Gasteiger partial charge in [-0.1, -0.05) is 18.2 Å². The van der Waals surface area contributed by atoms with Crippen molar-refractivity contribution in [2.24, 2.45) is 0 Å². The van der Waals surface area contributed by atoms with Crippen molar-refractivity contribution in [2.75, 3.05) is 38.2 Å². The van der Waals surface area contributed by atoms with Crippen LogP contribution in [0, 0.1) is 0 Å². The highest BCUT2D eigenvalue weighted by Crippen LogP contribution is 2.18. The number of carbonyl (C=O) groups excluding carboxylic acids is 1. The Kier molecular flexibility index (Phi) is 5.20. The van der Waals surface area contributed by atoms with Crippen LogP contribution >= 0.6 is 0 Å². The van der Waals surface area contributed by atoms with Gasteiger partial charge >= 0.3 is 0 Å². The maximum atomic E-state index is 13.0. The molecule has 2 aromatic carbocycles. The van der Waals surface area contributed by atoms with Gasteiger partial charge in [-0.15, -0.1) is 0 Å². The Morgan fingerprint density at radius 3 is 2.55 bits per heavy atom. The summed E-state index contributed by atoms with van der Waals surface area (Å²) in [5.74, 6) is 1.09. The topological polar surface area (TPSA) is 67.7 Å². The number of piperazine rings is 1. The molecule has 0 atom stereocenters. The molecule has 29 heavy (non-hydrogen) atoms. The predicted octanol–water partition coefficient (Wildman–Crippen LogP) is 2.39. The Labute approximate surface area is 169 Å². The molecule has 2 heterocycles. The molecular formula is C22H24N4O3. The number of anilines is 1. The minimum Gasteiger partial charge on any atom is -0.497 e. The minimum absolute atomic E-state index is 0.0269. The molecule has 1 saturated heterocycles. The summed E-state index contributed by atoms with van der Waals surface area (Å²) in [6.07, 6.45) is 0. The second-order valence-corrected chi connectivity index (χ2v) is 6.98. The van der Waals surface area contributed by atoms with Gasteiger partial charge < -0.3 is 19.1 Å². The number of aryl methyl sites for hydroxylation is 1. The van der Waals surface area contributed by atoms with E-state index in [9.17, 15) is 9.59 Å². The molecule has 7 heteroatoms. The molecule has 1 aliphatic rings.